The first-order valence-electron chi connectivity index (χ1n) is 5.34. The molecule has 0 fully saturated rings. The maximum Gasteiger partial charge on any atom is 0.188 e. The highest BCUT2D eigenvalue weighted by molar-refractivity contribution is 7.12. The van der Waals surface area contributed by atoms with E-state index in [1.807, 2.05) is 23.6 Å². The Morgan fingerprint density at radius 2 is 1.94 bits per heavy atom. The average Bonchev–Trinajstić information content (AvgIpc) is 2.87. The van der Waals surface area contributed by atoms with Gasteiger partial charge in [0.15, 0.2) is 22.3 Å². The Labute approximate surface area is 109 Å². The Kier molecular flexibility index (Phi) is 3.62. The van der Waals surface area contributed by atoms with Crippen LogP contribution in [0.2, 0.25) is 0 Å². The smallest absolute Gasteiger partial charge is 0.188 e. The highest BCUT2D eigenvalue weighted by Gasteiger charge is 2.10. The molecule has 0 aliphatic carbocycles. The van der Waals surface area contributed by atoms with Crippen LogP contribution in [0.15, 0.2) is 23.6 Å². The van der Waals surface area contributed by atoms with E-state index in [0.29, 0.717) is 16.5 Å². The van der Waals surface area contributed by atoms with Gasteiger partial charge in [-0.15, -0.1) is 11.3 Å². The largest absolute Gasteiger partial charge is 0.493 e. The molecule has 0 amide bonds. The van der Waals surface area contributed by atoms with Crippen LogP contribution in [0.3, 0.4) is 0 Å². The predicted molar refractivity (Wildman–Crippen MR) is 70.7 cm³/mol. The Morgan fingerprint density at radius 1 is 1.22 bits per heavy atom. The number of carbonyl (C=O) groups is 1. The summed E-state index contributed by atoms with van der Waals surface area (Å²) in [5, 5.41) is 2.37. The number of hydrogen-bond donors (Lipinski definition) is 0. The maximum absolute atomic E-state index is 11.2. The summed E-state index contributed by atoms with van der Waals surface area (Å²) >= 11 is 1.34. The molecular formula is C13H13NO3S. The number of ether oxygens (including phenoxy) is 2. The van der Waals surface area contributed by atoms with Crippen LogP contribution < -0.4 is 9.47 Å². The lowest BCUT2D eigenvalue weighted by Crippen LogP contribution is -1.92. The van der Waals surface area contributed by atoms with Gasteiger partial charge in [-0.05, 0) is 18.2 Å². The van der Waals surface area contributed by atoms with E-state index < -0.39 is 0 Å². The van der Waals surface area contributed by atoms with E-state index in [0.717, 1.165) is 11.3 Å². The molecule has 4 nitrogen and oxygen atoms in total. The van der Waals surface area contributed by atoms with Gasteiger partial charge in [-0.2, -0.15) is 0 Å². The van der Waals surface area contributed by atoms with Crippen LogP contribution >= 0.6 is 11.3 Å². The molecule has 2 rings (SSSR count). The van der Waals surface area contributed by atoms with Gasteiger partial charge in [0.1, 0.15) is 0 Å². The van der Waals surface area contributed by atoms with Gasteiger partial charge in [0, 0.05) is 17.9 Å². The molecule has 0 bridgehead atoms. The van der Waals surface area contributed by atoms with Gasteiger partial charge in [-0.1, -0.05) is 0 Å². The summed E-state index contributed by atoms with van der Waals surface area (Å²) in [5.74, 6) is 1.29. The van der Waals surface area contributed by atoms with Gasteiger partial charge in [0.25, 0.3) is 0 Å². The fourth-order valence-electron chi connectivity index (χ4n) is 1.56. The van der Waals surface area contributed by atoms with Crippen molar-refractivity contribution in [3.63, 3.8) is 0 Å². The van der Waals surface area contributed by atoms with Crippen LogP contribution in [-0.4, -0.2) is 25.0 Å². The van der Waals surface area contributed by atoms with Crippen molar-refractivity contribution < 1.29 is 14.3 Å². The lowest BCUT2D eigenvalue weighted by atomic mass is 10.1. The van der Waals surface area contributed by atoms with E-state index >= 15 is 0 Å². The summed E-state index contributed by atoms with van der Waals surface area (Å²) in [6.45, 7) is 1.51. The molecule has 94 valence electrons. The van der Waals surface area contributed by atoms with Gasteiger partial charge in [-0.25, -0.2) is 4.98 Å². The standard InChI is InChI=1S/C13H13NO3S/c1-8(15)13-14-10(7-18-13)9-4-5-11(16-2)12(6-9)17-3/h4-7H,1-3H3. The predicted octanol–water partition coefficient (Wildman–Crippen LogP) is 3.03. The van der Waals surface area contributed by atoms with Gasteiger partial charge in [0.2, 0.25) is 0 Å². The molecule has 1 aromatic carbocycles. The number of Topliss-reactive ketones (excluding diaryl/α,β-unsaturated/α-hetero) is 1. The molecule has 0 spiro atoms. The van der Waals surface area contributed by atoms with E-state index in [2.05, 4.69) is 4.98 Å². The SMILES string of the molecule is COc1ccc(-c2csc(C(C)=O)n2)cc1OC. The van der Waals surface area contributed by atoms with E-state index in [1.54, 1.807) is 14.2 Å². The first-order chi connectivity index (χ1) is 8.65. The fraction of sp³-hybridized carbons (Fsp3) is 0.231. The molecule has 0 radical (unpaired) electrons. The van der Waals surface area contributed by atoms with Gasteiger partial charge in [-0.3, -0.25) is 4.79 Å². The van der Waals surface area contributed by atoms with Crippen LogP contribution in [0.25, 0.3) is 11.3 Å². The summed E-state index contributed by atoms with van der Waals surface area (Å²) < 4.78 is 10.4. The van der Waals surface area contributed by atoms with E-state index in [-0.39, 0.29) is 5.78 Å². The molecular weight excluding hydrogens is 250 g/mol. The molecule has 18 heavy (non-hydrogen) atoms. The number of thiazole rings is 1. The molecule has 2 aromatic rings. The van der Waals surface area contributed by atoms with Crippen LogP contribution in [0.4, 0.5) is 0 Å². The highest BCUT2D eigenvalue weighted by Crippen LogP contribution is 2.32. The number of nitrogens with zero attached hydrogens (tertiary/aromatic N) is 1. The first kappa shape index (κ1) is 12.6. The Bertz CT molecular complexity index is 577. The second kappa shape index (κ2) is 5.18. The van der Waals surface area contributed by atoms with Crippen molar-refractivity contribution in [2.75, 3.05) is 14.2 Å². The molecule has 1 aromatic heterocycles. The lowest BCUT2D eigenvalue weighted by Gasteiger charge is -2.08. The topological polar surface area (TPSA) is 48.4 Å². The Hall–Kier alpha value is -1.88. The fourth-order valence-corrected chi connectivity index (χ4v) is 2.29. The zero-order chi connectivity index (χ0) is 13.1. The quantitative estimate of drug-likeness (QED) is 0.795. The van der Waals surface area contributed by atoms with Crippen LogP contribution in [0.5, 0.6) is 11.5 Å². The Morgan fingerprint density at radius 3 is 2.50 bits per heavy atom. The summed E-state index contributed by atoms with van der Waals surface area (Å²) in [6.07, 6.45) is 0. The van der Waals surface area contributed by atoms with Crippen LogP contribution in [0.1, 0.15) is 16.7 Å². The van der Waals surface area contributed by atoms with Crippen molar-refractivity contribution in [1.29, 1.82) is 0 Å². The zero-order valence-electron chi connectivity index (χ0n) is 10.4. The van der Waals surface area contributed by atoms with Crippen molar-refractivity contribution in [3.8, 4) is 22.8 Å². The van der Waals surface area contributed by atoms with Crippen LogP contribution in [-0.2, 0) is 0 Å². The first-order valence-corrected chi connectivity index (χ1v) is 6.22. The van der Waals surface area contributed by atoms with Crippen molar-refractivity contribution >= 4 is 17.1 Å². The van der Waals surface area contributed by atoms with E-state index in [9.17, 15) is 4.79 Å². The van der Waals surface area contributed by atoms with Gasteiger partial charge >= 0.3 is 0 Å². The third kappa shape index (κ3) is 2.36. The van der Waals surface area contributed by atoms with Gasteiger partial charge in [0.05, 0.1) is 19.9 Å². The van der Waals surface area contributed by atoms with E-state index in [1.165, 1.54) is 18.3 Å². The van der Waals surface area contributed by atoms with Crippen molar-refractivity contribution in [3.05, 3.63) is 28.6 Å². The third-order valence-corrected chi connectivity index (χ3v) is 3.43. The normalized spacial score (nSPS) is 10.2. The lowest BCUT2D eigenvalue weighted by molar-refractivity contribution is 0.101. The molecule has 1 heterocycles. The minimum Gasteiger partial charge on any atom is -0.493 e. The number of benzene rings is 1. The number of carbonyl (C=O) groups excluding carboxylic acids is 1. The van der Waals surface area contributed by atoms with Crippen molar-refractivity contribution in [2.45, 2.75) is 6.92 Å². The van der Waals surface area contributed by atoms with Crippen molar-refractivity contribution in [1.82, 2.24) is 4.98 Å². The molecule has 0 unspecified atom stereocenters. The number of methoxy groups -OCH3 is 2. The Balaban J connectivity index is 2.41. The number of rotatable bonds is 4. The molecule has 0 saturated heterocycles. The summed E-state index contributed by atoms with van der Waals surface area (Å²) in [6, 6.07) is 5.55. The molecule has 0 atom stereocenters. The number of hydrogen-bond acceptors (Lipinski definition) is 5. The van der Waals surface area contributed by atoms with Gasteiger partial charge < -0.3 is 9.47 Å². The van der Waals surface area contributed by atoms with Crippen molar-refractivity contribution in [2.24, 2.45) is 0 Å². The summed E-state index contributed by atoms with van der Waals surface area (Å²) in [7, 11) is 3.18. The number of aromatic nitrogens is 1. The second-order valence-electron chi connectivity index (χ2n) is 3.66. The second-order valence-corrected chi connectivity index (χ2v) is 4.52. The minimum absolute atomic E-state index is 0.0215. The maximum atomic E-state index is 11.2. The molecule has 0 aliphatic rings. The van der Waals surface area contributed by atoms with Crippen LogP contribution in [0, 0.1) is 0 Å². The molecule has 0 N–H and O–H groups in total. The zero-order valence-corrected chi connectivity index (χ0v) is 11.2. The minimum atomic E-state index is -0.0215. The summed E-state index contributed by atoms with van der Waals surface area (Å²) in [5.41, 5.74) is 1.67. The highest BCUT2D eigenvalue weighted by atomic mass is 32.1. The monoisotopic (exact) mass is 263 g/mol. The molecule has 0 aliphatic heterocycles. The molecule has 5 heteroatoms. The number of ketones is 1. The average molecular weight is 263 g/mol. The molecule has 0 saturated carbocycles. The summed E-state index contributed by atoms with van der Waals surface area (Å²) in [4.78, 5) is 15.5. The van der Waals surface area contributed by atoms with E-state index in [4.69, 9.17) is 9.47 Å². The third-order valence-electron chi connectivity index (χ3n) is 2.48.